The molecule has 0 saturated carbocycles. The van der Waals surface area contributed by atoms with Crippen LogP contribution in [0.5, 0.6) is 0 Å². The van der Waals surface area contributed by atoms with Crippen LogP contribution < -0.4 is 5.32 Å². The third-order valence-corrected chi connectivity index (χ3v) is 6.24. The highest BCUT2D eigenvalue weighted by Crippen LogP contribution is 2.32. The fourth-order valence-electron chi connectivity index (χ4n) is 4.49. The first-order valence-electron chi connectivity index (χ1n) is 11.3. The summed E-state index contributed by atoms with van der Waals surface area (Å²) in [5.74, 6) is 0. The smallest absolute Gasteiger partial charge is 0.0460 e. The van der Waals surface area contributed by atoms with Crippen molar-refractivity contribution in [1.29, 1.82) is 0 Å². The highest BCUT2D eigenvalue weighted by Gasteiger charge is 2.44. The fraction of sp³-hybridized carbons (Fsp3) is 1.00. The van der Waals surface area contributed by atoms with Gasteiger partial charge in [0.15, 0.2) is 0 Å². The number of piperidine rings is 1. The van der Waals surface area contributed by atoms with Gasteiger partial charge in [-0.15, -0.1) is 0 Å². The third-order valence-electron chi connectivity index (χ3n) is 6.24. The van der Waals surface area contributed by atoms with E-state index in [0.29, 0.717) is 5.54 Å². The first-order chi connectivity index (χ1) is 12.4. The summed E-state index contributed by atoms with van der Waals surface area (Å²) in [5.41, 5.74) is 0.562. The summed E-state index contributed by atoms with van der Waals surface area (Å²) < 4.78 is 0. The first-order valence-corrected chi connectivity index (χ1v) is 11.3. The Morgan fingerprint density at radius 1 is 0.654 bits per heavy atom. The topological polar surface area (TPSA) is 21.8 Å². The largest absolute Gasteiger partial charge is 0.313 e. The molecule has 0 aromatic heterocycles. The van der Waals surface area contributed by atoms with E-state index in [1.165, 1.54) is 65.1 Å². The van der Waals surface area contributed by atoms with Crippen LogP contribution in [0.25, 0.3) is 0 Å². The summed E-state index contributed by atoms with van der Waals surface area (Å²) in [6.07, 6.45) is 4.25. The average Bonchev–Trinajstić information content (AvgIpc) is 2.62. The van der Waals surface area contributed by atoms with E-state index in [1.807, 2.05) is 13.8 Å². The highest BCUT2D eigenvalue weighted by atomic mass is 15.3. The molecule has 3 heterocycles. The Bertz CT molecular complexity index is 339. The van der Waals surface area contributed by atoms with Crippen molar-refractivity contribution in [3.05, 3.63) is 0 Å². The van der Waals surface area contributed by atoms with E-state index < -0.39 is 0 Å². The molecule has 0 amide bonds. The van der Waals surface area contributed by atoms with Crippen molar-refractivity contribution in [3.8, 4) is 0 Å². The van der Waals surface area contributed by atoms with Gasteiger partial charge in [-0.05, 0) is 60.9 Å². The summed E-state index contributed by atoms with van der Waals surface area (Å²) >= 11 is 0. The molecule has 4 heteroatoms. The Morgan fingerprint density at radius 3 is 1.38 bits per heavy atom. The second-order valence-electron chi connectivity index (χ2n) is 8.83. The molecular weight excluding hydrogens is 320 g/mol. The summed E-state index contributed by atoms with van der Waals surface area (Å²) in [7, 11) is 0. The molecule has 0 atom stereocenters. The molecule has 0 unspecified atom stereocenters. The van der Waals surface area contributed by atoms with Crippen molar-refractivity contribution in [2.75, 3.05) is 45.8 Å². The predicted octanol–water partition coefficient (Wildman–Crippen LogP) is 3.67. The van der Waals surface area contributed by atoms with Gasteiger partial charge in [0.05, 0.1) is 0 Å². The SMILES string of the molecule is CC.CC(C)N1CCCCC12CNC2.CC(C)N1CCN(C(C)C)CC1. The quantitative estimate of drug-likeness (QED) is 0.820. The number of rotatable bonds is 3. The molecule has 0 aromatic rings. The summed E-state index contributed by atoms with van der Waals surface area (Å²) in [6.45, 7) is 26.5. The van der Waals surface area contributed by atoms with Gasteiger partial charge in [-0.25, -0.2) is 0 Å². The number of hydrogen-bond donors (Lipinski definition) is 1. The van der Waals surface area contributed by atoms with Gasteiger partial charge in [-0.3, -0.25) is 14.7 Å². The van der Waals surface area contributed by atoms with Crippen LogP contribution in [0.15, 0.2) is 0 Å². The standard InChI is InChI=1S/C10H20N2.C10H22N2.C2H6/c1-9(2)12-6-4-3-5-10(12)7-11-8-10;1-9(2)11-5-7-12(8-6-11)10(3)4;1-2/h9,11H,3-8H2,1-2H3;9-10H,5-8H2,1-4H3;1-2H3. The third kappa shape index (κ3) is 6.47. The first kappa shape index (κ1) is 23.9. The molecule has 0 aliphatic carbocycles. The van der Waals surface area contributed by atoms with Crippen LogP contribution in [-0.2, 0) is 0 Å². The van der Waals surface area contributed by atoms with E-state index in [9.17, 15) is 0 Å². The normalized spacial score (nSPS) is 24.1. The fourth-order valence-corrected chi connectivity index (χ4v) is 4.49. The second-order valence-corrected chi connectivity index (χ2v) is 8.83. The Hall–Kier alpha value is -0.160. The maximum absolute atomic E-state index is 3.41. The van der Waals surface area contributed by atoms with Crippen molar-refractivity contribution < 1.29 is 0 Å². The van der Waals surface area contributed by atoms with Crippen molar-refractivity contribution in [1.82, 2.24) is 20.0 Å². The van der Waals surface area contributed by atoms with E-state index in [0.717, 1.165) is 18.1 Å². The lowest BCUT2D eigenvalue weighted by Crippen LogP contribution is -2.71. The van der Waals surface area contributed by atoms with E-state index in [2.05, 4.69) is 61.6 Å². The van der Waals surface area contributed by atoms with E-state index in [-0.39, 0.29) is 0 Å². The van der Waals surface area contributed by atoms with Crippen LogP contribution in [-0.4, -0.2) is 84.2 Å². The Balaban J connectivity index is 0.000000238. The van der Waals surface area contributed by atoms with Crippen LogP contribution in [0.4, 0.5) is 0 Å². The number of hydrogen-bond acceptors (Lipinski definition) is 4. The molecule has 3 fully saturated rings. The number of piperazine rings is 1. The lowest BCUT2D eigenvalue weighted by atomic mass is 9.80. The van der Waals surface area contributed by atoms with E-state index >= 15 is 0 Å². The zero-order valence-electron chi connectivity index (χ0n) is 19.1. The van der Waals surface area contributed by atoms with Gasteiger partial charge >= 0.3 is 0 Å². The molecule has 26 heavy (non-hydrogen) atoms. The van der Waals surface area contributed by atoms with Crippen LogP contribution >= 0.6 is 0 Å². The van der Waals surface area contributed by atoms with Crippen molar-refractivity contribution in [2.45, 2.75) is 98.3 Å². The molecule has 156 valence electrons. The Kier molecular flexibility index (Phi) is 10.7. The van der Waals surface area contributed by atoms with Crippen molar-refractivity contribution in [2.24, 2.45) is 0 Å². The molecule has 0 bridgehead atoms. The van der Waals surface area contributed by atoms with E-state index in [4.69, 9.17) is 0 Å². The van der Waals surface area contributed by atoms with Gasteiger partial charge < -0.3 is 5.32 Å². The maximum atomic E-state index is 3.41. The monoisotopic (exact) mass is 368 g/mol. The average molecular weight is 369 g/mol. The number of likely N-dealkylation sites (tertiary alicyclic amines) is 1. The van der Waals surface area contributed by atoms with Crippen molar-refractivity contribution in [3.63, 3.8) is 0 Å². The Morgan fingerprint density at radius 2 is 1.12 bits per heavy atom. The van der Waals surface area contributed by atoms with Crippen LogP contribution in [0.1, 0.15) is 74.7 Å². The molecule has 1 spiro atoms. The lowest BCUT2D eigenvalue weighted by molar-refractivity contribution is -0.0188. The van der Waals surface area contributed by atoms with Gasteiger partial charge in [0.1, 0.15) is 0 Å². The zero-order valence-corrected chi connectivity index (χ0v) is 19.1. The number of nitrogens with zero attached hydrogens (tertiary/aromatic N) is 3. The molecule has 3 aliphatic rings. The van der Waals surface area contributed by atoms with Gasteiger partial charge in [0.2, 0.25) is 0 Å². The molecule has 3 aliphatic heterocycles. The van der Waals surface area contributed by atoms with Crippen LogP contribution in [0.3, 0.4) is 0 Å². The lowest BCUT2D eigenvalue weighted by Gasteiger charge is -2.55. The molecule has 0 aromatic carbocycles. The molecular formula is C22H48N4. The maximum Gasteiger partial charge on any atom is 0.0460 e. The van der Waals surface area contributed by atoms with Gasteiger partial charge in [-0.2, -0.15) is 0 Å². The van der Waals surface area contributed by atoms with Crippen LogP contribution in [0.2, 0.25) is 0 Å². The molecule has 3 rings (SSSR count). The molecule has 3 saturated heterocycles. The van der Waals surface area contributed by atoms with Gasteiger partial charge in [-0.1, -0.05) is 20.3 Å². The minimum Gasteiger partial charge on any atom is -0.313 e. The highest BCUT2D eigenvalue weighted by molar-refractivity contribution is 5.04. The molecule has 0 radical (unpaired) electrons. The zero-order chi connectivity index (χ0) is 19.7. The summed E-state index contributed by atoms with van der Waals surface area (Å²) in [6, 6.07) is 2.17. The second kappa shape index (κ2) is 11.6. The minimum atomic E-state index is 0.562. The van der Waals surface area contributed by atoms with E-state index in [1.54, 1.807) is 0 Å². The van der Waals surface area contributed by atoms with Gasteiger partial charge in [0.25, 0.3) is 0 Å². The minimum absolute atomic E-state index is 0.562. The number of nitrogens with one attached hydrogen (secondary N) is 1. The predicted molar refractivity (Wildman–Crippen MR) is 116 cm³/mol. The summed E-state index contributed by atoms with van der Waals surface area (Å²) in [5, 5.41) is 3.41. The Labute approximate surface area is 164 Å². The van der Waals surface area contributed by atoms with Crippen molar-refractivity contribution >= 4 is 0 Å². The summed E-state index contributed by atoms with van der Waals surface area (Å²) in [4.78, 5) is 7.81. The molecule has 1 N–H and O–H groups in total. The van der Waals surface area contributed by atoms with Gasteiger partial charge in [0, 0.05) is 62.9 Å². The van der Waals surface area contributed by atoms with Crippen LogP contribution in [0, 0.1) is 0 Å². The molecule has 4 nitrogen and oxygen atoms in total.